The van der Waals surface area contributed by atoms with Gasteiger partial charge in [0, 0.05) is 0 Å². The quantitative estimate of drug-likeness (QED) is 0.454. The summed E-state index contributed by atoms with van der Waals surface area (Å²) in [6, 6.07) is 3.44. The van der Waals surface area contributed by atoms with Gasteiger partial charge in [-0.1, -0.05) is 0 Å². The molecule has 13 heavy (non-hydrogen) atoms. The molecule has 6 heteroatoms. The number of halogens is 1. The Hall–Kier alpha value is -0.650. The number of hydrazine groups is 1. The topological polar surface area (TPSA) is 68.3 Å². The van der Waals surface area contributed by atoms with Crippen molar-refractivity contribution >= 4 is 29.3 Å². The highest BCUT2D eigenvalue weighted by molar-refractivity contribution is 7.99. The summed E-state index contributed by atoms with van der Waals surface area (Å²) in [5, 5.41) is 0.360. The maximum Gasteiger partial charge on any atom is 0.243 e. The largest absolute Gasteiger partial charge is 0.449 e. The second-order valence-electron chi connectivity index (χ2n) is 2.27. The highest BCUT2D eigenvalue weighted by atomic mass is 35.5. The Bertz CT molecular complexity index is 290. The Morgan fingerprint density at radius 1 is 1.69 bits per heavy atom. The first-order chi connectivity index (χ1) is 6.22. The summed E-state index contributed by atoms with van der Waals surface area (Å²) >= 11 is 6.96. The first-order valence-corrected chi connectivity index (χ1v) is 5.07. The fourth-order valence-corrected chi connectivity index (χ4v) is 1.60. The Kier molecular flexibility index (Phi) is 4.14. The molecule has 0 radical (unpaired) electrons. The van der Waals surface area contributed by atoms with Crippen LogP contribution in [-0.2, 0) is 10.5 Å². The Morgan fingerprint density at radius 2 is 2.46 bits per heavy atom. The van der Waals surface area contributed by atoms with Crippen LogP contribution in [0.4, 0.5) is 0 Å². The molecule has 0 fully saturated rings. The Balaban J connectivity index is 2.24. The highest BCUT2D eigenvalue weighted by Gasteiger charge is 2.02. The van der Waals surface area contributed by atoms with E-state index in [1.807, 2.05) is 5.43 Å². The number of amides is 1. The van der Waals surface area contributed by atoms with E-state index < -0.39 is 0 Å². The predicted molar refractivity (Wildman–Crippen MR) is 52.2 cm³/mol. The van der Waals surface area contributed by atoms with Crippen LogP contribution in [0, 0.1) is 0 Å². The molecule has 1 aromatic rings. The van der Waals surface area contributed by atoms with Gasteiger partial charge in [0.2, 0.25) is 5.91 Å². The smallest absolute Gasteiger partial charge is 0.243 e. The molecular weight excluding hydrogens is 212 g/mol. The fraction of sp³-hybridized carbons (Fsp3) is 0.286. The third-order valence-corrected chi connectivity index (χ3v) is 2.43. The van der Waals surface area contributed by atoms with Crippen LogP contribution >= 0.6 is 23.4 Å². The van der Waals surface area contributed by atoms with Crippen LogP contribution in [0.3, 0.4) is 0 Å². The zero-order valence-electron chi connectivity index (χ0n) is 6.75. The first kappa shape index (κ1) is 10.4. The zero-order chi connectivity index (χ0) is 9.68. The van der Waals surface area contributed by atoms with Crippen molar-refractivity contribution < 1.29 is 9.21 Å². The van der Waals surface area contributed by atoms with E-state index in [9.17, 15) is 4.79 Å². The number of carbonyl (C=O) groups is 1. The number of nitrogens with one attached hydrogen (secondary N) is 1. The predicted octanol–water partition coefficient (Wildman–Crippen LogP) is 1.16. The monoisotopic (exact) mass is 220 g/mol. The molecule has 1 amide bonds. The molecule has 1 heterocycles. The lowest BCUT2D eigenvalue weighted by Crippen LogP contribution is -2.31. The summed E-state index contributed by atoms with van der Waals surface area (Å²) in [5.74, 6) is 6.37. The molecule has 0 saturated carbocycles. The Labute approximate surface area is 84.8 Å². The molecule has 1 rings (SSSR count). The van der Waals surface area contributed by atoms with E-state index in [1.54, 1.807) is 12.1 Å². The minimum absolute atomic E-state index is 0.206. The van der Waals surface area contributed by atoms with Crippen molar-refractivity contribution in [3.8, 4) is 0 Å². The van der Waals surface area contributed by atoms with E-state index in [2.05, 4.69) is 0 Å². The number of carbonyl (C=O) groups excluding carboxylic acids is 1. The van der Waals surface area contributed by atoms with Gasteiger partial charge in [-0.05, 0) is 23.7 Å². The van der Waals surface area contributed by atoms with Crippen LogP contribution in [0.25, 0.3) is 0 Å². The van der Waals surface area contributed by atoms with Gasteiger partial charge in [0.05, 0.1) is 11.5 Å². The number of hydrogen-bond donors (Lipinski definition) is 2. The summed E-state index contributed by atoms with van der Waals surface area (Å²) in [6.07, 6.45) is 0. The van der Waals surface area contributed by atoms with Crippen molar-refractivity contribution in [1.29, 1.82) is 0 Å². The van der Waals surface area contributed by atoms with Gasteiger partial charge in [0.15, 0.2) is 5.22 Å². The van der Waals surface area contributed by atoms with Gasteiger partial charge < -0.3 is 4.42 Å². The number of thioether (sulfide) groups is 1. The molecule has 0 bridgehead atoms. The van der Waals surface area contributed by atoms with E-state index in [0.717, 1.165) is 5.76 Å². The van der Waals surface area contributed by atoms with Gasteiger partial charge in [-0.3, -0.25) is 10.2 Å². The lowest BCUT2D eigenvalue weighted by molar-refractivity contribution is -0.118. The second-order valence-corrected chi connectivity index (χ2v) is 3.62. The normalized spacial score (nSPS) is 10.0. The third kappa shape index (κ3) is 3.71. The van der Waals surface area contributed by atoms with Gasteiger partial charge in [-0.15, -0.1) is 11.8 Å². The van der Waals surface area contributed by atoms with Crippen molar-refractivity contribution in [2.45, 2.75) is 5.75 Å². The molecule has 0 atom stereocenters. The van der Waals surface area contributed by atoms with Crippen LogP contribution in [0.2, 0.25) is 5.22 Å². The first-order valence-electron chi connectivity index (χ1n) is 3.54. The van der Waals surface area contributed by atoms with Crippen LogP contribution in [0.1, 0.15) is 5.76 Å². The van der Waals surface area contributed by atoms with Gasteiger partial charge >= 0.3 is 0 Å². The molecule has 0 saturated heterocycles. The van der Waals surface area contributed by atoms with Crippen molar-refractivity contribution in [2.75, 3.05) is 5.75 Å². The average molecular weight is 221 g/mol. The molecule has 0 aliphatic rings. The summed E-state index contributed by atoms with van der Waals surface area (Å²) in [6.45, 7) is 0. The molecule has 0 aliphatic heterocycles. The summed E-state index contributed by atoms with van der Waals surface area (Å²) in [4.78, 5) is 10.7. The number of rotatable bonds is 4. The van der Waals surface area contributed by atoms with E-state index in [4.69, 9.17) is 21.9 Å². The second kappa shape index (κ2) is 5.16. The zero-order valence-corrected chi connectivity index (χ0v) is 8.32. The van der Waals surface area contributed by atoms with Crippen LogP contribution in [0.15, 0.2) is 16.5 Å². The van der Waals surface area contributed by atoms with Crippen LogP contribution in [-0.4, -0.2) is 11.7 Å². The molecule has 0 spiro atoms. The Morgan fingerprint density at radius 3 is 3.00 bits per heavy atom. The van der Waals surface area contributed by atoms with Gasteiger partial charge in [0.25, 0.3) is 0 Å². The molecule has 4 nitrogen and oxygen atoms in total. The summed E-state index contributed by atoms with van der Waals surface area (Å²) < 4.78 is 5.08. The lowest BCUT2D eigenvalue weighted by atomic mass is 10.5. The fourth-order valence-electron chi connectivity index (χ4n) is 0.715. The summed E-state index contributed by atoms with van der Waals surface area (Å²) in [7, 11) is 0. The molecule has 0 aliphatic carbocycles. The van der Waals surface area contributed by atoms with E-state index in [1.165, 1.54) is 11.8 Å². The lowest BCUT2D eigenvalue weighted by Gasteiger charge is -1.97. The van der Waals surface area contributed by atoms with Gasteiger partial charge in [0.1, 0.15) is 5.76 Å². The van der Waals surface area contributed by atoms with Crippen molar-refractivity contribution in [3.63, 3.8) is 0 Å². The molecule has 3 N–H and O–H groups in total. The molecule has 72 valence electrons. The van der Waals surface area contributed by atoms with Crippen molar-refractivity contribution in [1.82, 2.24) is 5.43 Å². The van der Waals surface area contributed by atoms with Crippen LogP contribution in [0.5, 0.6) is 0 Å². The molecule has 0 aromatic carbocycles. The van der Waals surface area contributed by atoms with Crippen molar-refractivity contribution in [2.24, 2.45) is 5.84 Å². The van der Waals surface area contributed by atoms with Gasteiger partial charge in [-0.2, -0.15) is 0 Å². The van der Waals surface area contributed by atoms with Gasteiger partial charge in [-0.25, -0.2) is 5.84 Å². The standard InChI is InChI=1S/C7H9ClN2O2S/c8-6-2-1-5(12-6)3-13-4-7(11)10-9/h1-2H,3-4,9H2,(H,10,11). The minimum atomic E-state index is -0.206. The average Bonchev–Trinajstić information content (AvgIpc) is 2.51. The van der Waals surface area contributed by atoms with Crippen molar-refractivity contribution in [3.05, 3.63) is 23.1 Å². The summed E-state index contributed by atoms with van der Waals surface area (Å²) in [5.41, 5.74) is 2.04. The van der Waals surface area contributed by atoms with Crippen LogP contribution < -0.4 is 11.3 Å². The number of nitrogens with two attached hydrogens (primary N) is 1. The molecule has 1 aromatic heterocycles. The van der Waals surface area contributed by atoms with E-state index in [0.29, 0.717) is 16.7 Å². The maximum atomic E-state index is 10.7. The number of furan rings is 1. The maximum absolute atomic E-state index is 10.7. The third-order valence-electron chi connectivity index (χ3n) is 1.27. The minimum Gasteiger partial charge on any atom is -0.449 e. The molecular formula is C7H9ClN2O2S. The number of hydrogen-bond acceptors (Lipinski definition) is 4. The highest BCUT2D eigenvalue weighted by Crippen LogP contribution is 2.18. The molecule has 0 unspecified atom stereocenters. The van der Waals surface area contributed by atoms with E-state index >= 15 is 0 Å². The SMILES string of the molecule is NNC(=O)CSCc1ccc(Cl)o1. The van der Waals surface area contributed by atoms with E-state index in [-0.39, 0.29) is 5.91 Å².